The lowest BCUT2D eigenvalue weighted by atomic mass is 9.91. The fourth-order valence-electron chi connectivity index (χ4n) is 6.98. The van der Waals surface area contributed by atoms with Crippen molar-refractivity contribution < 1.29 is 22.0 Å². The van der Waals surface area contributed by atoms with Gasteiger partial charge in [0.1, 0.15) is 0 Å². The lowest BCUT2D eigenvalue weighted by molar-refractivity contribution is 0.376. The molecule has 0 saturated carbocycles. The van der Waals surface area contributed by atoms with Crippen LogP contribution < -0.4 is 9.80 Å². The second-order valence-electron chi connectivity index (χ2n) is 13.3. The lowest BCUT2D eigenvalue weighted by Gasteiger charge is -2.18. The lowest BCUT2D eigenvalue weighted by Crippen LogP contribution is -2.12. The van der Waals surface area contributed by atoms with Gasteiger partial charge in [0, 0.05) is 57.9 Å². The summed E-state index contributed by atoms with van der Waals surface area (Å²) in [5.74, 6) is -9.96. The summed E-state index contributed by atoms with van der Waals surface area (Å²) in [6.07, 6.45) is 6.15. The molecule has 4 nitrogen and oxygen atoms in total. The van der Waals surface area contributed by atoms with Gasteiger partial charge in [0.15, 0.2) is 23.3 Å². The highest BCUT2D eigenvalue weighted by molar-refractivity contribution is 6.15. The van der Waals surface area contributed by atoms with E-state index < -0.39 is 34.6 Å². The van der Waals surface area contributed by atoms with Crippen LogP contribution in [0.4, 0.5) is 33.3 Å². The monoisotopic (exact) mass is 700 g/mol. The first-order chi connectivity index (χ1) is 24.2. The molecule has 0 bridgehead atoms. The third-order valence-corrected chi connectivity index (χ3v) is 9.83. The van der Waals surface area contributed by atoms with Gasteiger partial charge >= 0.3 is 0 Å². The molecule has 0 saturated heterocycles. The molecule has 268 valence electrons. The second-order valence-corrected chi connectivity index (χ2v) is 13.3. The molecule has 1 aliphatic heterocycles. The summed E-state index contributed by atoms with van der Waals surface area (Å²) in [7, 11) is 9.66. The highest BCUT2D eigenvalue weighted by Crippen LogP contribution is 2.43. The molecule has 1 aromatic heterocycles. The summed E-state index contributed by atoms with van der Waals surface area (Å²) in [6.45, 7) is 7.57. The van der Waals surface area contributed by atoms with Crippen molar-refractivity contribution in [1.29, 1.82) is 0 Å². The third-order valence-electron chi connectivity index (χ3n) is 9.83. The van der Waals surface area contributed by atoms with Crippen molar-refractivity contribution in [2.45, 2.75) is 53.4 Å². The van der Waals surface area contributed by atoms with E-state index in [-0.39, 0.29) is 11.3 Å². The molecule has 0 spiro atoms. The van der Waals surface area contributed by atoms with Crippen LogP contribution in [0.3, 0.4) is 0 Å². The van der Waals surface area contributed by atoms with Gasteiger partial charge in [0.25, 0.3) is 0 Å². The van der Waals surface area contributed by atoms with Crippen LogP contribution in [0.5, 0.6) is 0 Å². The van der Waals surface area contributed by atoms with E-state index in [0.29, 0.717) is 48.2 Å². The summed E-state index contributed by atoms with van der Waals surface area (Å²) in [4.78, 5) is 8.92. The molecule has 0 N–H and O–H groups in total. The molecule has 51 heavy (non-hydrogen) atoms. The van der Waals surface area contributed by atoms with Crippen molar-refractivity contribution in [2.24, 2.45) is 12.0 Å². The minimum absolute atomic E-state index is 0.124. The van der Waals surface area contributed by atoms with E-state index in [0.717, 1.165) is 39.3 Å². The van der Waals surface area contributed by atoms with E-state index >= 15 is 8.78 Å². The number of aryl methyl sites for hydroxylation is 1. The van der Waals surface area contributed by atoms with Gasteiger partial charge in [-0.25, -0.2) is 26.9 Å². The average Bonchev–Trinajstić information content (AvgIpc) is 3.56. The summed E-state index contributed by atoms with van der Waals surface area (Å²) in [5, 5.41) is 0. The van der Waals surface area contributed by atoms with Gasteiger partial charge in [-0.15, -0.1) is 0 Å². The molecule has 0 atom stereocenters. The second kappa shape index (κ2) is 15.1. The van der Waals surface area contributed by atoms with Crippen LogP contribution in [0.25, 0.3) is 11.6 Å². The standard InChI is InChI=1S/C42H45F5N4/c1-10-30-24(3)41(48-32(30)22-16-26-12-18-28(19-13-26)49(5)6)35(34-36(43)38(45)40(47)39(46)37(34)44)42-25(4)31(11-2)33(51(42)9)23-17-27-14-20-29(21-15-27)50(7)8/h12-16,18-22H,10-11,17,23H2,1-9H3/b22-16+,41-35-. The molecule has 5 rings (SSSR count). The summed E-state index contributed by atoms with van der Waals surface area (Å²) >= 11 is 0. The largest absolute Gasteiger partial charge is 0.378 e. The van der Waals surface area contributed by atoms with E-state index in [9.17, 15) is 13.2 Å². The molecule has 0 fully saturated rings. The number of aromatic nitrogens is 1. The van der Waals surface area contributed by atoms with Gasteiger partial charge in [0.2, 0.25) is 5.82 Å². The number of halogens is 5. The molecular weight excluding hydrogens is 655 g/mol. The van der Waals surface area contributed by atoms with Crippen LogP contribution in [-0.4, -0.2) is 38.5 Å². The average molecular weight is 701 g/mol. The highest BCUT2D eigenvalue weighted by Gasteiger charge is 2.35. The van der Waals surface area contributed by atoms with Crippen LogP contribution in [0.1, 0.15) is 66.4 Å². The Hall–Kier alpha value is -4.92. The topological polar surface area (TPSA) is 23.8 Å². The summed E-state index contributed by atoms with van der Waals surface area (Å²) in [6, 6.07) is 16.2. The first-order valence-corrected chi connectivity index (χ1v) is 17.2. The van der Waals surface area contributed by atoms with Gasteiger partial charge in [-0.3, -0.25) is 0 Å². The van der Waals surface area contributed by atoms with E-state index in [4.69, 9.17) is 4.99 Å². The zero-order valence-corrected chi connectivity index (χ0v) is 30.8. The smallest absolute Gasteiger partial charge is 0.200 e. The molecule has 1 aliphatic rings. The number of hydrogen-bond acceptors (Lipinski definition) is 3. The molecule has 9 heteroatoms. The van der Waals surface area contributed by atoms with E-state index in [1.165, 1.54) is 0 Å². The van der Waals surface area contributed by atoms with Gasteiger partial charge in [-0.1, -0.05) is 44.2 Å². The van der Waals surface area contributed by atoms with Crippen LogP contribution in [0.15, 0.2) is 76.4 Å². The number of hydrogen-bond donors (Lipinski definition) is 0. The first kappa shape index (κ1) is 37.3. The molecular formula is C42H45F5N4. The van der Waals surface area contributed by atoms with Gasteiger partial charge in [-0.2, -0.15) is 0 Å². The molecule has 0 radical (unpaired) electrons. The Bertz CT molecular complexity index is 2050. The van der Waals surface area contributed by atoms with Crippen molar-refractivity contribution in [3.8, 4) is 0 Å². The third kappa shape index (κ3) is 7.03. The summed E-state index contributed by atoms with van der Waals surface area (Å²) < 4.78 is 78.0. The zero-order chi connectivity index (χ0) is 37.3. The number of aliphatic imine (C=N–C) groups is 1. The molecule has 3 aromatic carbocycles. The number of anilines is 2. The van der Waals surface area contributed by atoms with E-state index in [2.05, 4.69) is 12.1 Å². The maximum absolute atomic E-state index is 15.9. The Balaban J connectivity index is 1.73. The Labute approximate surface area is 297 Å². The maximum Gasteiger partial charge on any atom is 0.200 e. The van der Waals surface area contributed by atoms with Crippen molar-refractivity contribution >= 4 is 28.7 Å². The fourth-order valence-corrected chi connectivity index (χ4v) is 6.98. The molecule has 0 unspecified atom stereocenters. The maximum atomic E-state index is 15.9. The van der Waals surface area contributed by atoms with Gasteiger partial charge in [-0.05, 0) is 103 Å². The number of rotatable bonds is 11. The Morgan fingerprint density at radius 3 is 1.75 bits per heavy atom. The van der Waals surface area contributed by atoms with Crippen LogP contribution >= 0.6 is 0 Å². The first-order valence-electron chi connectivity index (χ1n) is 17.2. The van der Waals surface area contributed by atoms with Crippen molar-refractivity contribution in [3.63, 3.8) is 0 Å². The molecule has 4 aromatic rings. The minimum atomic E-state index is -2.20. The van der Waals surface area contributed by atoms with Gasteiger partial charge < -0.3 is 14.4 Å². The van der Waals surface area contributed by atoms with E-state index in [1.54, 1.807) is 14.0 Å². The van der Waals surface area contributed by atoms with Crippen LogP contribution in [-0.2, 0) is 26.3 Å². The normalized spacial score (nSPS) is 14.2. The van der Waals surface area contributed by atoms with Crippen molar-refractivity contribution in [2.75, 3.05) is 38.0 Å². The summed E-state index contributed by atoms with van der Waals surface area (Å²) in [5.41, 5.74) is 8.15. The van der Waals surface area contributed by atoms with Crippen LogP contribution in [0.2, 0.25) is 0 Å². The molecule has 0 amide bonds. The number of allylic oxidation sites excluding steroid dienone is 3. The SMILES string of the molecule is CCC1=C(C)/C(=C(\c2c(F)c(F)c(F)c(F)c2F)c2c(C)c(CC)c(CCc3ccc(N(C)C)cc3)n2C)N=C1/C=C/c1ccc(N(C)C)cc1. The van der Waals surface area contributed by atoms with Crippen molar-refractivity contribution in [3.05, 3.63) is 140 Å². The van der Waals surface area contributed by atoms with Crippen molar-refractivity contribution in [1.82, 2.24) is 4.57 Å². The zero-order valence-electron chi connectivity index (χ0n) is 30.8. The number of nitrogens with zero attached hydrogens (tertiary/aromatic N) is 4. The fraction of sp³-hybridized carbons (Fsp3) is 0.310. The highest BCUT2D eigenvalue weighted by atomic mass is 19.2. The minimum Gasteiger partial charge on any atom is -0.378 e. The quantitative estimate of drug-likeness (QED) is 0.0884. The van der Waals surface area contributed by atoms with E-state index in [1.807, 2.05) is 112 Å². The van der Waals surface area contributed by atoms with Crippen LogP contribution in [0, 0.1) is 36.0 Å². The Morgan fingerprint density at radius 2 is 1.24 bits per heavy atom. The predicted molar refractivity (Wildman–Crippen MR) is 200 cm³/mol. The molecule has 2 heterocycles. The Morgan fingerprint density at radius 1 is 0.706 bits per heavy atom. The number of benzene rings is 3. The Kier molecular flexibility index (Phi) is 11.1. The van der Waals surface area contributed by atoms with Gasteiger partial charge in [0.05, 0.1) is 22.7 Å². The molecule has 0 aliphatic carbocycles. The predicted octanol–water partition coefficient (Wildman–Crippen LogP) is 10.2.